The lowest BCUT2D eigenvalue weighted by Crippen LogP contribution is -2.50. The fourth-order valence-electron chi connectivity index (χ4n) is 3.06. The van der Waals surface area contributed by atoms with E-state index in [9.17, 15) is 19.5 Å². The zero-order valence-corrected chi connectivity index (χ0v) is 12.4. The SMILES string of the molecule is CC1CCN(C(=O)NCC(=O)N2CCCCC2)C1C(=O)O. The predicted molar refractivity (Wildman–Crippen MR) is 75.7 cm³/mol. The molecule has 2 atom stereocenters. The minimum atomic E-state index is -0.988. The van der Waals surface area contributed by atoms with Gasteiger partial charge in [-0.3, -0.25) is 4.79 Å². The minimum Gasteiger partial charge on any atom is -0.480 e. The van der Waals surface area contributed by atoms with Gasteiger partial charge in [0, 0.05) is 19.6 Å². The Morgan fingerprint density at radius 1 is 1.14 bits per heavy atom. The van der Waals surface area contributed by atoms with Crippen LogP contribution in [0.1, 0.15) is 32.6 Å². The molecule has 2 aliphatic rings. The first-order chi connectivity index (χ1) is 10.0. The van der Waals surface area contributed by atoms with E-state index in [-0.39, 0.29) is 18.4 Å². The van der Waals surface area contributed by atoms with Crippen LogP contribution in [0.5, 0.6) is 0 Å². The van der Waals surface area contributed by atoms with Gasteiger partial charge in [-0.1, -0.05) is 6.92 Å². The molecule has 0 radical (unpaired) electrons. The highest BCUT2D eigenvalue weighted by Gasteiger charge is 2.39. The lowest BCUT2D eigenvalue weighted by molar-refractivity contribution is -0.142. The molecule has 2 heterocycles. The largest absolute Gasteiger partial charge is 0.480 e. The molecule has 0 spiro atoms. The molecule has 0 saturated carbocycles. The Hall–Kier alpha value is -1.79. The highest BCUT2D eigenvalue weighted by Crippen LogP contribution is 2.23. The van der Waals surface area contributed by atoms with E-state index in [0.29, 0.717) is 13.0 Å². The van der Waals surface area contributed by atoms with Crippen molar-refractivity contribution in [2.24, 2.45) is 5.92 Å². The number of rotatable bonds is 3. The predicted octanol–water partition coefficient (Wildman–Crippen LogP) is 0.504. The number of carbonyl (C=O) groups excluding carboxylic acids is 2. The summed E-state index contributed by atoms with van der Waals surface area (Å²) in [5.41, 5.74) is 0. The lowest BCUT2D eigenvalue weighted by atomic mass is 10.0. The summed E-state index contributed by atoms with van der Waals surface area (Å²) < 4.78 is 0. The molecule has 0 aromatic heterocycles. The molecule has 2 fully saturated rings. The van der Waals surface area contributed by atoms with Gasteiger partial charge in [-0.15, -0.1) is 0 Å². The van der Waals surface area contributed by atoms with E-state index in [2.05, 4.69) is 5.32 Å². The molecule has 2 unspecified atom stereocenters. The van der Waals surface area contributed by atoms with Crippen molar-refractivity contribution < 1.29 is 19.5 Å². The lowest BCUT2D eigenvalue weighted by Gasteiger charge is -2.28. The maximum Gasteiger partial charge on any atom is 0.326 e. The second kappa shape index (κ2) is 6.78. The van der Waals surface area contributed by atoms with E-state index in [0.717, 1.165) is 32.4 Å². The number of aliphatic carboxylic acids is 1. The normalized spacial score (nSPS) is 25.8. The first kappa shape index (κ1) is 15.6. The van der Waals surface area contributed by atoms with Gasteiger partial charge < -0.3 is 20.2 Å². The van der Waals surface area contributed by atoms with Gasteiger partial charge in [0.05, 0.1) is 6.54 Å². The van der Waals surface area contributed by atoms with Gasteiger partial charge in [0.2, 0.25) is 5.91 Å². The van der Waals surface area contributed by atoms with Crippen LogP contribution in [0.15, 0.2) is 0 Å². The molecule has 118 valence electrons. The average Bonchev–Trinajstić information content (AvgIpc) is 2.87. The molecular weight excluding hydrogens is 274 g/mol. The maximum absolute atomic E-state index is 12.1. The summed E-state index contributed by atoms with van der Waals surface area (Å²) in [7, 11) is 0. The molecule has 0 aromatic carbocycles. The molecule has 7 nitrogen and oxygen atoms in total. The number of carboxylic acids is 1. The Kier molecular flexibility index (Phi) is 5.03. The number of carboxylic acid groups (broad SMARTS) is 1. The highest BCUT2D eigenvalue weighted by atomic mass is 16.4. The van der Waals surface area contributed by atoms with Crippen molar-refractivity contribution in [3.8, 4) is 0 Å². The first-order valence-corrected chi connectivity index (χ1v) is 7.55. The molecule has 3 amide bonds. The van der Waals surface area contributed by atoms with Crippen molar-refractivity contribution in [2.45, 2.75) is 38.6 Å². The van der Waals surface area contributed by atoms with Crippen molar-refractivity contribution >= 4 is 17.9 Å². The Morgan fingerprint density at radius 2 is 1.81 bits per heavy atom. The summed E-state index contributed by atoms with van der Waals surface area (Å²) >= 11 is 0. The Labute approximate surface area is 124 Å². The second-order valence-electron chi connectivity index (χ2n) is 5.84. The standard InChI is InChI=1S/C14H23N3O4/c1-10-5-8-17(12(10)13(19)20)14(21)15-9-11(18)16-6-3-2-4-7-16/h10,12H,2-9H2,1H3,(H,15,21)(H,19,20). The first-order valence-electron chi connectivity index (χ1n) is 7.55. The van der Waals surface area contributed by atoms with Crippen molar-refractivity contribution in [2.75, 3.05) is 26.2 Å². The summed E-state index contributed by atoms with van der Waals surface area (Å²) in [5, 5.41) is 11.7. The Bertz CT molecular complexity index is 420. The average molecular weight is 297 g/mol. The highest BCUT2D eigenvalue weighted by molar-refractivity contribution is 5.87. The molecule has 2 N–H and O–H groups in total. The summed E-state index contributed by atoms with van der Waals surface area (Å²) in [6.07, 6.45) is 3.82. The van der Waals surface area contributed by atoms with Crippen LogP contribution in [-0.4, -0.2) is 65.0 Å². The van der Waals surface area contributed by atoms with Gasteiger partial charge >= 0.3 is 12.0 Å². The molecular formula is C14H23N3O4. The van der Waals surface area contributed by atoms with Crippen LogP contribution in [0, 0.1) is 5.92 Å². The second-order valence-corrected chi connectivity index (χ2v) is 5.84. The van der Waals surface area contributed by atoms with Gasteiger partial charge in [0.25, 0.3) is 0 Å². The molecule has 2 saturated heterocycles. The topological polar surface area (TPSA) is 90.0 Å². The summed E-state index contributed by atoms with van der Waals surface area (Å²) in [6, 6.07) is -1.26. The van der Waals surface area contributed by atoms with Crippen LogP contribution in [0.4, 0.5) is 4.79 Å². The smallest absolute Gasteiger partial charge is 0.326 e. The van der Waals surface area contributed by atoms with Crippen LogP contribution in [0.25, 0.3) is 0 Å². The van der Waals surface area contributed by atoms with Crippen LogP contribution in [0.2, 0.25) is 0 Å². The zero-order valence-electron chi connectivity index (χ0n) is 12.4. The summed E-state index contributed by atoms with van der Waals surface area (Å²) in [6.45, 7) is 3.67. The number of carbonyl (C=O) groups is 3. The molecule has 0 bridgehead atoms. The van der Waals surface area contributed by atoms with Gasteiger partial charge in [-0.25, -0.2) is 9.59 Å². The van der Waals surface area contributed by atoms with Crippen molar-refractivity contribution in [1.29, 1.82) is 0 Å². The van der Waals surface area contributed by atoms with Gasteiger partial charge in [-0.2, -0.15) is 0 Å². The Morgan fingerprint density at radius 3 is 2.43 bits per heavy atom. The molecule has 2 aliphatic heterocycles. The molecule has 7 heteroatoms. The number of amides is 3. The van der Waals surface area contributed by atoms with Crippen molar-refractivity contribution in [1.82, 2.24) is 15.1 Å². The number of nitrogens with zero attached hydrogens (tertiary/aromatic N) is 2. The zero-order chi connectivity index (χ0) is 15.4. The van der Waals surface area contributed by atoms with E-state index in [1.54, 1.807) is 4.90 Å². The van der Waals surface area contributed by atoms with Gasteiger partial charge in [0.15, 0.2) is 0 Å². The van der Waals surface area contributed by atoms with Crippen LogP contribution >= 0.6 is 0 Å². The van der Waals surface area contributed by atoms with Crippen LogP contribution in [-0.2, 0) is 9.59 Å². The van der Waals surface area contributed by atoms with Gasteiger partial charge in [0.1, 0.15) is 6.04 Å². The molecule has 21 heavy (non-hydrogen) atoms. The van der Waals surface area contributed by atoms with Crippen LogP contribution < -0.4 is 5.32 Å². The molecule has 2 rings (SSSR count). The maximum atomic E-state index is 12.1. The van der Waals surface area contributed by atoms with Crippen LogP contribution in [0.3, 0.4) is 0 Å². The van der Waals surface area contributed by atoms with E-state index in [1.807, 2.05) is 6.92 Å². The quantitative estimate of drug-likeness (QED) is 0.794. The fraction of sp³-hybridized carbons (Fsp3) is 0.786. The number of urea groups is 1. The Balaban J connectivity index is 1.83. The number of hydrogen-bond donors (Lipinski definition) is 2. The van der Waals surface area contributed by atoms with E-state index >= 15 is 0 Å². The number of hydrogen-bond acceptors (Lipinski definition) is 3. The molecule has 0 aliphatic carbocycles. The van der Waals surface area contributed by atoms with E-state index in [1.165, 1.54) is 4.90 Å². The third-order valence-corrected chi connectivity index (χ3v) is 4.31. The number of nitrogens with one attached hydrogen (secondary N) is 1. The van der Waals surface area contributed by atoms with E-state index in [4.69, 9.17) is 0 Å². The third-order valence-electron chi connectivity index (χ3n) is 4.31. The monoisotopic (exact) mass is 297 g/mol. The fourth-order valence-corrected chi connectivity index (χ4v) is 3.06. The number of likely N-dealkylation sites (tertiary alicyclic amines) is 2. The minimum absolute atomic E-state index is 0.0595. The van der Waals surface area contributed by atoms with Crippen molar-refractivity contribution in [3.63, 3.8) is 0 Å². The number of piperidine rings is 1. The van der Waals surface area contributed by atoms with Gasteiger partial charge in [-0.05, 0) is 31.6 Å². The molecule has 0 aromatic rings. The van der Waals surface area contributed by atoms with Crippen molar-refractivity contribution in [3.05, 3.63) is 0 Å². The van der Waals surface area contributed by atoms with E-state index < -0.39 is 18.0 Å². The summed E-state index contributed by atoms with van der Waals surface area (Å²) in [5.74, 6) is -1.15. The summed E-state index contributed by atoms with van der Waals surface area (Å²) in [4.78, 5) is 38.3. The third kappa shape index (κ3) is 3.65.